The summed E-state index contributed by atoms with van der Waals surface area (Å²) in [6.07, 6.45) is 9.36. The summed E-state index contributed by atoms with van der Waals surface area (Å²) in [6.45, 7) is 8.08. The van der Waals surface area contributed by atoms with Crippen LogP contribution in [0.4, 0.5) is 0 Å². The molecule has 16 heavy (non-hydrogen) atoms. The molecule has 0 spiro atoms. The topological polar surface area (TPSA) is 35.5 Å². The van der Waals surface area contributed by atoms with E-state index in [1.54, 1.807) is 0 Å². The van der Waals surface area contributed by atoms with Gasteiger partial charge in [-0.3, -0.25) is 0 Å². The molecule has 0 aromatic heterocycles. The quantitative estimate of drug-likeness (QED) is 0.235. The molecule has 0 aliphatic heterocycles. The van der Waals surface area contributed by atoms with E-state index in [2.05, 4.69) is 13.2 Å². The molecule has 92 valence electrons. The minimum atomic E-state index is -0.332. The maximum absolute atomic E-state index is 10.7. The zero-order valence-electron chi connectivity index (χ0n) is 9.95. The average molecular weight is 226 g/mol. The summed E-state index contributed by atoms with van der Waals surface area (Å²) in [5.74, 6) is -0.332. The first-order valence-electron chi connectivity index (χ1n) is 5.83. The van der Waals surface area contributed by atoms with E-state index in [1.807, 2.05) is 0 Å². The summed E-state index contributed by atoms with van der Waals surface area (Å²) in [7, 11) is 0. The fourth-order valence-corrected chi connectivity index (χ4v) is 1.31. The predicted octanol–water partition coefficient (Wildman–Crippen LogP) is 3.22. The van der Waals surface area contributed by atoms with Crippen molar-refractivity contribution in [1.82, 2.24) is 0 Å². The monoisotopic (exact) mass is 226 g/mol. The highest BCUT2D eigenvalue weighted by Crippen LogP contribution is 2.05. The molecule has 0 aromatic rings. The van der Waals surface area contributed by atoms with Gasteiger partial charge >= 0.3 is 5.97 Å². The maximum atomic E-state index is 10.7. The predicted molar refractivity (Wildman–Crippen MR) is 65.0 cm³/mol. The first-order valence-corrected chi connectivity index (χ1v) is 5.83. The van der Waals surface area contributed by atoms with Crippen LogP contribution in [0.2, 0.25) is 0 Å². The van der Waals surface area contributed by atoms with Crippen LogP contribution in [0, 0.1) is 0 Å². The summed E-state index contributed by atoms with van der Waals surface area (Å²) in [6, 6.07) is 0. The summed E-state index contributed by atoms with van der Waals surface area (Å²) in [5.41, 5.74) is 0. The number of ether oxygens (including phenoxy) is 2. The van der Waals surface area contributed by atoms with E-state index in [0.717, 1.165) is 25.9 Å². The summed E-state index contributed by atoms with van der Waals surface area (Å²) in [5, 5.41) is 0. The Morgan fingerprint density at radius 3 is 2.06 bits per heavy atom. The lowest BCUT2D eigenvalue weighted by Gasteiger charge is -2.03. The van der Waals surface area contributed by atoms with Crippen LogP contribution in [0.15, 0.2) is 25.5 Å². The van der Waals surface area contributed by atoms with Crippen LogP contribution in [0.25, 0.3) is 0 Å². The lowest BCUT2D eigenvalue weighted by atomic mass is 10.1. The third kappa shape index (κ3) is 10.8. The number of hydrogen-bond acceptors (Lipinski definition) is 3. The Balaban J connectivity index is 3.01. The number of carbonyl (C=O) groups is 1. The Morgan fingerprint density at radius 2 is 1.50 bits per heavy atom. The van der Waals surface area contributed by atoms with E-state index in [-0.39, 0.29) is 5.97 Å². The number of unbranched alkanes of at least 4 members (excludes halogenated alkanes) is 5. The molecule has 0 fully saturated rings. The SMILES string of the molecule is C=COCCCCCCCCOC(=O)C=C. The van der Waals surface area contributed by atoms with Crippen LogP contribution >= 0.6 is 0 Å². The molecule has 0 aromatic carbocycles. The van der Waals surface area contributed by atoms with Gasteiger partial charge in [0, 0.05) is 6.08 Å². The van der Waals surface area contributed by atoms with E-state index in [1.165, 1.54) is 31.6 Å². The minimum Gasteiger partial charge on any atom is -0.502 e. The fourth-order valence-electron chi connectivity index (χ4n) is 1.31. The van der Waals surface area contributed by atoms with E-state index in [0.29, 0.717) is 6.61 Å². The van der Waals surface area contributed by atoms with Gasteiger partial charge in [0.25, 0.3) is 0 Å². The highest BCUT2D eigenvalue weighted by Gasteiger charge is 1.95. The van der Waals surface area contributed by atoms with Crippen LogP contribution in [0.5, 0.6) is 0 Å². The van der Waals surface area contributed by atoms with Gasteiger partial charge in [-0.1, -0.05) is 38.8 Å². The van der Waals surface area contributed by atoms with E-state index >= 15 is 0 Å². The molecule has 0 saturated carbocycles. The largest absolute Gasteiger partial charge is 0.502 e. The Kier molecular flexibility index (Phi) is 10.9. The normalized spacial score (nSPS) is 9.50. The summed E-state index contributed by atoms with van der Waals surface area (Å²) < 4.78 is 9.88. The van der Waals surface area contributed by atoms with E-state index in [9.17, 15) is 4.79 Å². The van der Waals surface area contributed by atoms with Gasteiger partial charge in [-0.2, -0.15) is 0 Å². The summed E-state index contributed by atoms with van der Waals surface area (Å²) in [4.78, 5) is 10.7. The third-order valence-electron chi connectivity index (χ3n) is 2.19. The third-order valence-corrected chi connectivity index (χ3v) is 2.19. The first-order chi connectivity index (χ1) is 7.81. The van der Waals surface area contributed by atoms with Crippen molar-refractivity contribution >= 4 is 5.97 Å². The average Bonchev–Trinajstić information content (AvgIpc) is 2.31. The molecule has 0 amide bonds. The second kappa shape index (κ2) is 11.8. The van der Waals surface area contributed by atoms with E-state index < -0.39 is 0 Å². The second-order valence-electron chi connectivity index (χ2n) is 3.53. The lowest BCUT2D eigenvalue weighted by Crippen LogP contribution is -2.01. The van der Waals surface area contributed by atoms with Gasteiger partial charge in [0.05, 0.1) is 19.5 Å². The van der Waals surface area contributed by atoms with Gasteiger partial charge in [-0.15, -0.1) is 0 Å². The highest BCUT2D eigenvalue weighted by atomic mass is 16.5. The first kappa shape index (κ1) is 14.8. The molecular weight excluding hydrogens is 204 g/mol. The molecule has 0 atom stereocenters. The summed E-state index contributed by atoms with van der Waals surface area (Å²) >= 11 is 0. The van der Waals surface area contributed by atoms with Crippen LogP contribution in [0.3, 0.4) is 0 Å². The van der Waals surface area contributed by atoms with Crippen molar-refractivity contribution < 1.29 is 14.3 Å². The van der Waals surface area contributed by atoms with Crippen LogP contribution < -0.4 is 0 Å². The van der Waals surface area contributed by atoms with Crippen molar-refractivity contribution in [2.75, 3.05) is 13.2 Å². The number of carbonyl (C=O) groups excluding carboxylic acids is 1. The van der Waals surface area contributed by atoms with Gasteiger partial charge in [0.2, 0.25) is 0 Å². The molecule has 0 rings (SSSR count). The van der Waals surface area contributed by atoms with Crippen LogP contribution in [-0.4, -0.2) is 19.2 Å². The Labute approximate surface area is 98.1 Å². The molecule has 0 aliphatic carbocycles. The molecule has 0 unspecified atom stereocenters. The van der Waals surface area contributed by atoms with Crippen molar-refractivity contribution in [3.63, 3.8) is 0 Å². The number of hydrogen-bond donors (Lipinski definition) is 0. The fraction of sp³-hybridized carbons (Fsp3) is 0.615. The molecule has 3 heteroatoms. The Morgan fingerprint density at radius 1 is 0.938 bits per heavy atom. The van der Waals surface area contributed by atoms with Crippen molar-refractivity contribution in [2.45, 2.75) is 38.5 Å². The highest BCUT2D eigenvalue weighted by molar-refractivity contribution is 5.81. The Bertz CT molecular complexity index is 199. The van der Waals surface area contributed by atoms with Crippen molar-refractivity contribution in [2.24, 2.45) is 0 Å². The zero-order valence-corrected chi connectivity index (χ0v) is 9.95. The van der Waals surface area contributed by atoms with Gasteiger partial charge in [0.15, 0.2) is 0 Å². The lowest BCUT2D eigenvalue weighted by molar-refractivity contribution is -0.137. The standard InChI is InChI=1S/C13H22O3/c1-3-13(14)16-12-10-8-6-5-7-9-11-15-4-2/h3-4H,1-2,5-12H2. The van der Waals surface area contributed by atoms with Crippen molar-refractivity contribution in [1.29, 1.82) is 0 Å². The molecule has 0 N–H and O–H groups in total. The second-order valence-corrected chi connectivity index (χ2v) is 3.53. The van der Waals surface area contributed by atoms with E-state index in [4.69, 9.17) is 9.47 Å². The maximum Gasteiger partial charge on any atom is 0.330 e. The van der Waals surface area contributed by atoms with Gasteiger partial charge in [0.1, 0.15) is 0 Å². The molecule has 0 heterocycles. The zero-order chi connectivity index (χ0) is 12.1. The van der Waals surface area contributed by atoms with Crippen molar-refractivity contribution in [3.05, 3.63) is 25.5 Å². The Hall–Kier alpha value is -1.25. The molecular formula is C13H22O3. The van der Waals surface area contributed by atoms with Crippen LogP contribution in [0.1, 0.15) is 38.5 Å². The molecule has 0 aliphatic rings. The minimum absolute atomic E-state index is 0.332. The van der Waals surface area contributed by atoms with Gasteiger partial charge in [-0.05, 0) is 12.8 Å². The molecule has 0 radical (unpaired) electrons. The van der Waals surface area contributed by atoms with Gasteiger partial charge in [-0.25, -0.2) is 4.79 Å². The van der Waals surface area contributed by atoms with Crippen LogP contribution in [-0.2, 0) is 14.3 Å². The molecule has 3 nitrogen and oxygen atoms in total. The molecule has 0 saturated heterocycles. The smallest absolute Gasteiger partial charge is 0.330 e. The molecule has 0 bridgehead atoms. The van der Waals surface area contributed by atoms with Gasteiger partial charge < -0.3 is 9.47 Å². The van der Waals surface area contributed by atoms with Crippen molar-refractivity contribution in [3.8, 4) is 0 Å². The number of rotatable bonds is 11. The number of esters is 1.